The highest BCUT2D eigenvalue weighted by molar-refractivity contribution is 5.96. The summed E-state index contributed by atoms with van der Waals surface area (Å²) in [6, 6.07) is 17.0. The number of alkyl halides is 6. The summed E-state index contributed by atoms with van der Waals surface area (Å²) >= 11 is 0. The number of halogens is 6. The normalized spacial score (nSPS) is 14.7. The van der Waals surface area contributed by atoms with E-state index in [9.17, 15) is 28.0 Å². The number of esters is 4. The van der Waals surface area contributed by atoms with E-state index in [4.69, 9.17) is 28.4 Å². The standard InChI is InChI=1S/C49H36F6O12/c1-3-41(56)62-21-7-5-19-60-29-11-15-33-31-13-9-27(23-35(31)47(50,51)37(33)25-29)45(58)64-39-17-18-40(44-43(39)66-49(54,55)67-44)65-46(59)28-10-14-32-34-16-12-30(26-38(34)48(52,53)36(32)24-28)61-20-6-8-22-63-42(57)4-2/h3-4,9-18,23-26H,1-2,5-8,19-22H2. The fraction of sp³-hybridized carbons (Fsp3) is 0.224. The Morgan fingerprint density at radius 3 is 1.24 bits per heavy atom. The van der Waals surface area contributed by atoms with Gasteiger partial charge in [0.25, 0.3) is 11.8 Å². The molecule has 0 saturated carbocycles. The predicted molar refractivity (Wildman–Crippen MR) is 224 cm³/mol. The highest BCUT2D eigenvalue weighted by Crippen LogP contribution is 2.55. The third-order valence-corrected chi connectivity index (χ3v) is 10.7. The van der Waals surface area contributed by atoms with Gasteiger partial charge in [-0.1, -0.05) is 37.4 Å². The minimum Gasteiger partial charge on any atom is -0.494 e. The van der Waals surface area contributed by atoms with E-state index in [-0.39, 0.29) is 82.4 Å². The third kappa shape index (κ3) is 9.23. The maximum atomic E-state index is 15.9. The third-order valence-electron chi connectivity index (χ3n) is 10.7. The maximum absolute atomic E-state index is 15.9. The van der Waals surface area contributed by atoms with Gasteiger partial charge in [0.2, 0.25) is 11.5 Å². The number of benzene rings is 5. The molecule has 0 aromatic heterocycles. The van der Waals surface area contributed by atoms with Crippen LogP contribution < -0.4 is 28.4 Å². The van der Waals surface area contributed by atoms with Gasteiger partial charge in [0.15, 0.2) is 11.5 Å². The van der Waals surface area contributed by atoms with Crippen molar-refractivity contribution in [2.24, 2.45) is 0 Å². The van der Waals surface area contributed by atoms with Crippen LogP contribution in [0.15, 0.2) is 110 Å². The van der Waals surface area contributed by atoms with Crippen molar-refractivity contribution in [1.29, 1.82) is 0 Å². The predicted octanol–water partition coefficient (Wildman–Crippen LogP) is 10.5. The fourth-order valence-electron chi connectivity index (χ4n) is 7.55. The SMILES string of the molecule is C=CC(=O)OCCCCOc1ccc2c(c1)C(F)(F)c1cc(C(=O)Oc3ccc(OC(=O)c4ccc5c(c4)C(F)(F)c4cc(OCCCCOC(=O)C=C)ccc4-5)c4c3OC(F)(F)O4)ccc1-2. The number of carbonyl (C=O) groups is 4. The van der Waals surface area contributed by atoms with Crippen LogP contribution >= 0.6 is 0 Å². The van der Waals surface area contributed by atoms with E-state index in [2.05, 4.69) is 22.6 Å². The molecule has 0 radical (unpaired) electrons. The molecule has 18 heteroatoms. The van der Waals surface area contributed by atoms with Crippen molar-refractivity contribution < 1.29 is 83.4 Å². The zero-order chi connectivity index (χ0) is 47.7. The number of unbranched alkanes of at least 4 members (excludes halogenated alkanes) is 2. The Bertz CT molecular complexity index is 2650. The van der Waals surface area contributed by atoms with Crippen LogP contribution in [0.5, 0.6) is 34.5 Å². The van der Waals surface area contributed by atoms with E-state index in [1.54, 1.807) is 0 Å². The molecule has 0 amide bonds. The van der Waals surface area contributed by atoms with Gasteiger partial charge in [0.1, 0.15) is 11.5 Å². The van der Waals surface area contributed by atoms with Gasteiger partial charge in [0, 0.05) is 34.4 Å². The minimum atomic E-state index is -4.35. The van der Waals surface area contributed by atoms with E-state index >= 15 is 17.6 Å². The number of hydrogen-bond acceptors (Lipinski definition) is 12. The Labute approximate surface area is 377 Å². The van der Waals surface area contributed by atoms with Crippen LogP contribution in [-0.4, -0.2) is 56.6 Å². The Morgan fingerprint density at radius 2 is 0.851 bits per heavy atom. The molecule has 0 unspecified atom stereocenters. The number of ether oxygens (including phenoxy) is 8. The molecule has 346 valence electrons. The summed E-state index contributed by atoms with van der Waals surface area (Å²) in [4.78, 5) is 49.1. The molecule has 5 aromatic carbocycles. The smallest absolute Gasteiger partial charge is 0.494 e. The quantitative estimate of drug-likeness (QED) is 0.0271. The van der Waals surface area contributed by atoms with Crippen molar-refractivity contribution in [3.63, 3.8) is 0 Å². The number of fused-ring (bicyclic) bond motifs is 7. The summed E-state index contributed by atoms with van der Waals surface area (Å²) in [6.45, 7) is 7.19. The van der Waals surface area contributed by atoms with Gasteiger partial charge < -0.3 is 37.9 Å². The van der Waals surface area contributed by atoms with Crippen molar-refractivity contribution in [2.45, 2.75) is 43.8 Å². The first-order valence-electron chi connectivity index (χ1n) is 20.6. The second-order valence-electron chi connectivity index (χ2n) is 15.1. The van der Waals surface area contributed by atoms with Crippen molar-refractivity contribution in [3.05, 3.63) is 144 Å². The van der Waals surface area contributed by atoms with Gasteiger partial charge in [-0.05, 0) is 109 Å². The molecule has 1 aliphatic heterocycles. The van der Waals surface area contributed by atoms with E-state index in [1.807, 2.05) is 0 Å². The second-order valence-corrected chi connectivity index (χ2v) is 15.1. The lowest BCUT2D eigenvalue weighted by Gasteiger charge is -2.15. The van der Waals surface area contributed by atoms with Crippen LogP contribution in [0, 0.1) is 0 Å². The van der Waals surface area contributed by atoms with Gasteiger partial charge in [-0.25, -0.2) is 19.2 Å². The highest BCUT2D eigenvalue weighted by Gasteiger charge is 2.49. The van der Waals surface area contributed by atoms with Crippen LogP contribution in [0.3, 0.4) is 0 Å². The molecule has 2 aliphatic carbocycles. The summed E-state index contributed by atoms with van der Waals surface area (Å²) in [5, 5.41) is 0. The van der Waals surface area contributed by atoms with Crippen LogP contribution in [-0.2, 0) is 30.9 Å². The minimum absolute atomic E-state index is 0.126. The molecule has 0 bridgehead atoms. The van der Waals surface area contributed by atoms with Gasteiger partial charge in [0.05, 0.1) is 37.6 Å². The zero-order valence-corrected chi connectivity index (χ0v) is 35.0. The Hall–Kier alpha value is -7.76. The average molecular weight is 931 g/mol. The fourth-order valence-corrected chi connectivity index (χ4v) is 7.55. The molecule has 0 saturated heterocycles. The lowest BCUT2D eigenvalue weighted by Crippen LogP contribution is -2.26. The Kier molecular flexibility index (Phi) is 12.5. The molecule has 0 atom stereocenters. The molecule has 12 nitrogen and oxygen atoms in total. The Balaban J connectivity index is 0.931. The summed E-state index contributed by atoms with van der Waals surface area (Å²) in [5.74, 6) is -13.5. The van der Waals surface area contributed by atoms with Gasteiger partial charge in [-0.3, -0.25) is 0 Å². The molecular formula is C49H36F6O12. The monoisotopic (exact) mass is 930 g/mol. The molecule has 0 N–H and O–H groups in total. The number of rotatable bonds is 18. The summed E-state index contributed by atoms with van der Waals surface area (Å²) in [5.41, 5.74) is -1.95. The average Bonchev–Trinajstić information content (AvgIpc) is 3.85. The van der Waals surface area contributed by atoms with E-state index < -0.39 is 76.1 Å². The van der Waals surface area contributed by atoms with Crippen molar-refractivity contribution in [3.8, 4) is 56.8 Å². The molecule has 8 rings (SSSR count). The van der Waals surface area contributed by atoms with Crippen LogP contribution in [0.25, 0.3) is 22.3 Å². The molecule has 5 aromatic rings. The first kappa shape index (κ1) is 45.8. The van der Waals surface area contributed by atoms with E-state index in [0.29, 0.717) is 25.7 Å². The molecule has 0 spiro atoms. The first-order valence-corrected chi connectivity index (χ1v) is 20.6. The largest absolute Gasteiger partial charge is 0.586 e. The lowest BCUT2D eigenvalue weighted by molar-refractivity contribution is -0.287. The first-order chi connectivity index (χ1) is 32.0. The molecule has 0 fully saturated rings. The van der Waals surface area contributed by atoms with Crippen LogP contribution in [0.2, 0.25) is 0 Å². The van der Waals surface area contributed by atoms with Gasteiger partial charge >= 0.3 is 30.2 Å². The van der Waals surface area contributed by atoms with E-state index in [0.717, 1.165) is 36.4 Å². The van der Waals surface area contributed by atoms with Crippen molar-refractivity contribution in [1.82, 2.24) is 0 Å². The summed E-state index contributed by atoms with van der Waals surface area (Å²) < 4.78 is 134. The van der Waals surface area contributed by atoms with Gasteiger partial charge in [-0.15, -0.1) is 8.78 Å². The van der Waals surface area contributed by atoms with E-state index in [1.165, 1.54) is 60.7 Å². The molecular weight excluding hydrogens is 895 g/mol. The van der Waals surface area contributed by atoms with Crippen LogP contribution in [0.1, 0.15) is 68.7 Å². The Morgan fingerprint density at radius 1 is 0.493 bits per heavy atom. The second kappa shape index (κ2) is 18.3. The van der Waals surface area contributed by atoms with Crippen molar-refractivity contribution in [2.75, 3.05) is 26.4 Å². The highest BCUT2D eigenvalue weighted by atomic mass is 19.3. The topological polar surface area (TPSA) is 142 Å². The molecule has 3 aliphatic rings. The number of hydrogen-bond donors (Lipinski definition) is 0. The lowest BCUT2D eigenvalue weighted by atomic mass is 10.0. The number of carbonyl (C=O) groups excluding carboxylic acids is 4. The molecule has 1 heterocycles. The molecule has 67 heavy (non-hydrogen) atoms. The zero-order valence-electron chi connectivity index (χ0n) is 35.0. The maximum Gasteiger partial charge on any atom is 0.586 e. The van der Waals surface area contributed by atoms with Crippen LogP contribution in [0.4, 0.5) is 26.3 Å². The summed E-state index contributed by atoms with van der Waals surface area (Å²) in [7, 11) is 0. The summed E-state index contributed by atoms with van der Waals surface area (Å²) in [6.07, 6.45) is -0.412. The van der Waals surface area contributed by atoms with Crippen molar-refractivity contribution >= 4 is 23.9 Å². The van der Waals surface area contributed by atoms with Gasteiger partial charge in [-0.2, -0.15) is 17.6 Å².